The molecule has 3 rings (SSSR count). The largest absolute Gasteiger partial charge is 0.573 e. The van der Waals surface area contributed by atoms with Crippen LogP contribution in [-0.4, -0.2) is 37.4 Å². The lowest BCUT2D eigenvalue weighted by Crippen LogP contribution is -2.45. The van der Waals surface area contributed by atoms with E-state index < -0.39 is 41.2 Å². The van der Waals surface area contributed by atoms with Crippen molar-refractivity contribution in [3.63, 3.8) is 0 Å². The van der Waals surface area contributed by atoms with Crippen LogP contribution < -0.4 is 10.1 Å². The van der Waals surface area contributed by atoms with Gasteiger partial charge in [0.1, 0.15) is 11.6 Å². The topological polar surface area (TPSA) is 24.5 Å². The Labute approximate surface area is 175 Å². The fraction of sp³-hybridized carbons (Fsp3) is 0.333. The summed E-state index contributed by atoms with van der Waals surface area (Å²) in [5.41, 5.74) is -0.142. The highest BCUT2D eigenvalue weighted by Gasteiger charge is 2.32. The van der Waals surface area contributed by atoms with Gasteiger partial charge in [-0.1, -0.05) is 12.1 Å². The first-order chi connectivity index (χ1) is 12.8. The minimum absolute atomic E-state index is 0. The predicted molar refractivity (Wildman–Crippen MR) is 100 cm³/mol. The van der Waals surface area contributed by atoms with Gasteiger partial charge >= 0.3 is 6.36 Å². The molecule has 0 aliphatic carbocycles. The average molecular weight is 463 g/mol. The van der Waals surface area contributed by atoms with Crippen molar-refractivity contribution < 1.29 is 31.1 Å². The molecule has 1 atom stereocenters. The normalized spacial score (nSPS) is 15.8. The monoisotopic (exact) mass is 462 g/mol. The molecule has 1 fully saturated rings. The minimum Gasteiger partial charge on any atom is -0.406 e. The molecule has 0 bridgehead atoms. The Hall–Kier alpha value is -1.68. The van der Waals surface area contributed by atoms with Gasteiger partial charge in [0.2, 0.25) is 0 Å². The second kappa shape index (κ2) is 10.4. The van der Waals surface area contributed by atoms with Gasteiger partial charge in [0.25, 0.3) is 0 Å². The number of nitrogens with zero attached hydrogens (tertiary/aromatic N) is 1. The van der Waals surface area contributed by atoms with Crippen molar-refractivity contribution in [2.24, 2.45) is 0 Å². The lowest BCUT2D eigenvalue weighted by Gasteiger charge is -2.35. The van der Waals surface area contributed by atoms with Crippen molar-refractivity contribution in [1.82, 2.24) is 10.2 Å². The van der Waals surface area contributed by atoms with Crippen LogP contribution in [0.25, 0.3) is 0 Å². The van der Waals surface area contributed by atoms with Gasteiger partial charge in [-0.15, -0.1) is 38.0 Å². The van der Waals surface area contributed by atoms with Gasteiger partial charge in [-0.05, 0) is 29.8 Å². The first-order valence-electron chi connectivity index (χ1n) is 8.20. The zero-order chi connectivity index (χ0) is 19.6. The van der Waals surface area contributed by atoms with Crippen LogP contribution in [0.1, 0.15) is 17.2 Å². The van der Waals surface area contributed by atoms with Gasteiger partial charge < -0.3 is 10.1 Å². The number of alkyl halides is 3. The molecule has 0 spiro atoms. The van der Waals surface area contributed by atoms with Gasteiger partial charge in [0, 0.05) is 31.7 Å². The standard InChI is InChI=1S/C18H16F6N2O.2ClH/c19-13-5-6-14(20)16(21)15(13)17(26-9-7-25-8-10-26)11-1-3-12(4-2-11)27-18(22,23)24;;/h1-6,17,25H,7-10H2;2*1H/t17-;;/m1../s1. The van der Waals surface area contributed by atoms with E-state index in [0.717, 1.165) is 18.2 Å². The molecule has 1 saturated heterocycles. The van der Waals surface area contributed by atoms with Crippen LogP contribution in [0.2, 0.25) is 0 Å². The number of hydrogen-bond acceptors (Lipinski definition) is 3. The van der Waals surface area contributed by atoms with E-state index in [1.54, 1.807) is 4.90 Å². The second-order valence-corrected chi connectivity index (χ2v) is 6.06. The number of nitrogens with one attached hydrogen (secondary N) is 1. The van der Waals surface area contributed by atoms with Gasteiger partial charge in [0.15, 0.2) is 11.6 Å². The molecule has 1 N–H and O–H groups in total. The maximum absolute atomic E-state index is 14.4. The van der Waals surface area contributed by atoms with Crippen LogP contribution in [0.15, 0.2) is 36.4 Å². The Morgan fingerprint density at radius 1 is 0.862 bits per heavy atom. The highest BCUT2D eigenvalue weighted by molar-refractivity contribution is 5.85. The lowest BCUT2D eigenvalue weighted by molar-refractivity contribution is -0.274. The molecule has 1 aliphatic rings. The molecule has 0 saturated carbocycles. The molecule has 0 amide bonds. The van der Waals surface area contributed by atoms with Gasteiger partial charge in [-0.25, -0.2) is 13.2 Å². The summed E-state index contributed by atoms with van der Waals surface area (Å²) < 4.78 is 83.4. The first kappa shape index (κ1) is 25.4. The second-order valence-electron chi connectivity index (χ2n) is 6.06. The fourth-order valence-electron chi connectivity index (χ4n) is 3.15. The third-order valence-corrected chi connectivity index (χ3v) is 4.30. The minimum atomic E-state index is -4.85. The number of halogens is 8. The third kappa shape index (κ3) is 6.15. The van der Waals surface area contributed by atoms with E-state index in [1.807, 2.05) is 0 Å². The molecule has 0 unspecified atom stereocenters. The SMILES string of the molecule is Cl.Cl.Fc1ccc(F)c([C@@H](c2ccc(OC(F)(F)F)cc2)N2CCNCC2)c1F. The van der Waals surface area contributed by atoms with Crippen molar-refractivity contribution >= 4 is 24.8 Å². The molecule has 1 aliphatic heterocycles. The number of ether oxygens (including phenoxy) is 1. The summed E-state index contributed by atoms with van der Waals surface area (Å²) in [7, 11) is 0. The summed E-state index contributed by atoms with van der Waals surface area (Å²) >= 11 is 0. The maximum atomic E-state index is 14.4. The van der Waals surface area contributed by atoms with Crippen LogP contribution in [0.5, 0.6) is 5.75 Å². The van der Waals surface area contributed by atoms with E-state index in [0.29, 0.717) is 37.8 Å². The summed E-state index contributed by atoms with van der Waals surface area (Å²) in [5.74, 6) is -3.88. The molecule has 0 radical (unpaired) electrons. The zero-order valence-corrected chi connectivity index (χ0v) is 16.4. The van der Waals surface area contributed by atoms with Crippen molar-refractivity contribution in [3.05, 3.63) is 65.0 Å². The number of benzene rings is 2. The van der Waals surface area contributed by atoms with Crippen LogP contribution in [0.4, 0.5) is 26.3 Å². The van der Waals surface area contributed by atoms with E-state index in [-0.39, 0.29) is 24.8 Å². The van der Waals surface area contributed by atoms with Crippen molar-refractivity contribution in [3.8, 4) is 5.75 Å². The van der Waals surface area contributed by atoms with E-state index >= 15 is 0 Å². The lowest BCUT2D eigenvalue weighted by atomic mass is 9.95. The molecular weight excluding hydrogens is 445 g/mol. The number of piperazine rings is 1. The fourth-order valence-corrected chi connectivity index (χ4v) is 3.15. The molecular formula is C18H18Cl2F6N2O. The Morgan fingerprint density at radius 3 is 1.97 bits per heavy atom. The Balaban J connectivity index is 0.00000210. The number of hydrogen-bond donors (Lipinski definition) is 1. The quantitative estimate of drug-likeness (QED) is 0.519. The van der Waals surface area contributed by atoms with Crippen molar-refractivity contribution in [2.45, 2.75) is 12.4 Å². The van der Waals surface area contributed by atoms with Crippen LogP contribution in [0, 0.1) is 17.5 Å². The molecule has 2 aromatic carbocycles. The third-order valence-electron chi connectivity index (χ3n) is 4.30. The first-order valence-corrected chi connectivity index (χ1v) is 8.20. The molecule has 2 aromatic rings. The molecule has 29 heavy (non-hydrogen) atoms. The Morgan fingerprint density at radius 2 is 1.41 bits per heavy atom. The summed E-state index contributed by atoms with van der Waals surface area (Å²) in [6, 6.07) is 5.26. The molecule has 162 valence electrons. The maximum Gasteiger partial charge on any atom is 0.573 e. The van der Waals surface area contributed by atoms with E-state index in [1.165, 1.54) is 12.1 Å². The Kier molecular flexibility index (Phi) is 9.08. The van der Waals surface area contributed by atoms with E-state index in [9.17, 15) is 26.3 Å². The average Bonchev–Trinajstić information content (AvgIpc) is 2.62. The van der Waals surface area contributed by atoms with Gasteiger partial charge in [-0.3, -0.25) is 4.90 Å². The van der Waals surface area contributed by atoms with E-state index in [2.05, 4.69) is 10.1 Å². The van der Waals surface area contributed by atoms with Gasteiger partial charge in [0.05, 0.1) is 6.04 Å². The zero-order valence-electron chi connectivity index (χ0n) is 14.8. The Bertz CT molecular complexity index is 798. The summed E-state index contributed by atoms with van der Waals surface area (Å²) in [4.78, 5) is 1.75. The smallest absolute Gasteiger partial charge is 0.406 e. The molecule has 1 heterocycles. The summed E-state index contributed by atoms with van der Waals surface area (Å²) in [6.07, 6.45) is -4.85. The predicted octanol–water partition coefficient (Wildman–Crippen LogP) is 4.84. The molecule has 0 aromatic heterocycles. The van der Waals surface area contributed by atoms with Crippen molar-refractivity contribution in [1.29, 1.82) is 0 Å². The molecule has 11 heteroatoms. The van der Waals surface area contributed by atoms with Gasteiger partial charge in [-0.2, -0.15) is 0 Å². The van der Waals surface area contributed by atoms with E-state index in [4.69, 9.17) is 0 Å². The number of rotatable bonds is 4. The van der Waals surface area contributed by atoms with Crippen LogP contribution in [-0.2, 0) is 0 Å². The van der Waals surface area contributed by atoms with Crippen LogP contribution >= 0.6 is 24.8 Å². The summed E-state index contributed by atoms with van der Waals surface area (Å²) in [5, 5.41) is 3.10. The highest BCUT2D eigenvalue weighted by atomic mass is 35.5. The van der Waals surface area contributed by atoms with Crippen molar-refractivity contribution in [2.75, 3.05) is 26.2 Å². The summed E-state index contributed by atoms with van der Waals surface area (Å²) in [6.45, 7) is 1.98. The molecule has 3 nitrogen and oxygen atoms in total. The van der Waals surface area contributed by atoms with Crippen LogP contribution in [0.3, 0.4) is 0 Å². The highest BCUT2D eigenvalue weighted by Crippen LogP contribution is 2.35.